The van der Waals surface area contributed by atoms with Crippen LogP contribution in [0.15, 0.2) is 18.2 Å². The number of rotatable bonds is 8. The van der Waals surface area contributed by atoms with Crippen LogP contribution in [0, 0.1) is 0 Å². The summed E-state index contributed by atoms with van der Waals surface area (Å²) in [7, 11) is 3.25. The molecule has 118 valence electrons. The Balaban J connectivity index is 2.39. The molecule has 0 aliphatic rings. The van der Waals surface area contributed by atoms with E-state index in [-0.39, 0.29) is 11.8 Å². The van der Waals surface area contributed by atoms with Crippen LogP contribution in [0.3, 0.4) is 0 Å². The molecular formula is C16H26N2O3. The minimum Gasteiger partial charge on any atom is -0.504 e. The van der Waals surface area contributed by atoms with Gasteiger partial charge in [0.05, 0.1) is 7.11 Å². The van der Waals surface area contributed by atoms with Crippen molar-refractivity contribution in [2.75, 3.05) is 20.7 Å². The molecule has 0 aromatic heterocycles. The lowest BCUT2D eigenvalue weighted by Gasteiger charge is -2.18. The van der Waals surface area contributed by atoms with Crippen LogP contribution >= 0.6 is 0 Å². The highest BCUT2D eigenvalue weighted by molar-refractivity contribution is 5.73. The van der Waals surface area contributed by atoms with Gasteiger partial charge in [-0.3, -0.25) is 0 Å². The number of amides is 2. The summed E-state index contributed by atoms with van der Waals surface area (Å²) in [6.45, 7) is 3.31. The Labute approximate surface area is 126 Å². The van der Waals surface area contributed by atoms with Gasteiger partial charge in [-0.25, -0.2) is 4.79 Å². The molecule has 0 radical (unpaired) electrons. The van der Waals surface area contributed by atoms with Crippen molar-refractivity contribution in [2.45, 2.75) is 39.2 Å². The Hall–Kier alpha value is -1.91. The second-order valence-electron chi connectivity index (χ2n) is 5.15. The van der Waals surface area contributed by atoms with Gasteiger partial charge in [0.15, 0.2) is 11.5 Å². The van der Waals surface area contributed by atoms with Crippen molar-refractivity contribution >= 4 is 6.03 Å². The number of ether oxygens (including phenoxy) is 1. The van der Waals surface area contributed by atoms with E-state index in [2.05, 4.69) is 12.2 Å². The maximum absolute atomic E-state index is 11.9. The minimum atomic E-state index is -0.0955. The number of carbonyl (C=O) groups excluding carboxylic acids is 1. The SMILES string of the molecule is CCCCCCNC(=O)N(C)Cc1ccc(OC)c(O)c1. The number of urea groups is 1. The number of phenolic OH excluding ortho intramolecular Hbond substituents is 1. The molecule has 2 amide bonds. The molecule has 5 nitrogen and oxygen atoms in total. The topological polar surface area (TPSA) is 61.8 Å². The van der Waals surface area contributed by atoms with E-state index in [9.17, 15) is 9.90 Å². The second kappa shape index (κ2) is 9.10. The molecule has 21 heavy (non-hydrogen) atoms. The molecule has 0 saturated heterocycles. The molecule has 0 fully saturated rings. The first-order valence-electron chi connectivity index (χ1n) is 7.43. The van der Waals surface area contributed by atoms with Gasteiger partial charge in [0, 0.05) is 20.1 Å². The van der Waals surface area contributed by atoms with Gasteiger partial charge in [0.2, 0.25) is 0 Å². The van der Waals surface area contributed by atoms with Crippen LogP contribution in [-0.2, 0) is 6.54 Å². The fourth-order valence-electron chi connectivity index (χ4n) is 2.06. The maximum atomic E-state index is 11.9. The van der Waals surface area contributed by atoms with E-state index in [1.54, 1.807) is 24.1 Å². The maximum Gasteiger partial charge on any atom is 0.317 e. The molecule has 2 N–H and O–H groups in total. The Morgan fingerprint density at radius 1 is 1.33 bits per heavy atom. The number of hydrogen-bond acceptors (Lipinski definition) is 3. The molecule has 0 saturated carbocycles. The van der Waals surface area contributed by atoms with Crippen LogP contribution in [0.25, 0.3) is 0 Å². The summed E-state index contributed by atoms with van der Waals surface area (Å²) in [5, 5.41) is 12.6. The fourth-order valence-corrected chi connectivity index (χ4v) is 2.06. The molecule has 0 aliphatic heterocycles. The summed E-state index contributed by atoms with van der Waals surface area (Å²) in [5.74, 6) is 0.519. The van der Waals surface area contributed by atoms with Gasteiger partial charge in [-0.1, -0.05) is 32.3 Å². The molecule has 0 aliphatic carbocycles. The van der Waals surface area contributed by atoms with Gasteiger partial charge in [-0.15, -0.1) is 0 Å². The van der Waals surface area contributed by atoms with Crippen molar-refractivity contribution in [3.05, 3.63) is 23.8 Å². The van der Waals surface area contributed by atoms with Gasteiger partial charge in [0.25, 0.3) is 0 Å². The zero-order chi connectivity index (χ0) is 15.7. The summed E-state index contributed by atoms with van der Waals surface area (Å²) >= 11 is 0. The minimum absolute atomic E-state index is 0.0865. The first kappa shape index (κ1) is 17.1. The number of benzene rings is 1. The van der Waals surface area contributed by atoms with Gasteiger partial charge in [-0.2, -0.15) is 0 Å². The molecule has 0 bridgehead atoms. The summed E-state index contributed by atoms with van der Waals surface area (Å²) < 4.78 is 4.99. The molecule has 0 unspecified atom stereocenters. The zero-order valence-electron chi connectivity index (χ0n) is 13.2. The second-order valence-corrected chi connectivity index (χ2v) is 5.15. The van der Waals surface area contributed by atoms with Crippen molar-refractivity contribution < 1.29 is 14.6 Å². The Kier molecular flexibility index (Phi) is 7.43. The number of carbonyl (C=O) groups is 1. The molecule has 1 aromatic carbocycles. The van der Waals surface area contributed by atoms with Crippen molar-refractivity contribution in [2.24, 2.45) is 0 Å². The van der Waals surface area contributed by atoms with Gasteiger partial charge < -0.3 is 20.1 Å². The molecule has 1 aromatic rings. The number of unbranched alkanes of at least 4 members (excludes halogenated alkanes) is 3. The van der Waals surface area contributed by atoms with Crippen molar-refractivity contribution in [3.8, 4) is 11.5 Å². The van der Waals surface area contributed by atoms with Crippen LogP contribution in [0.5, 0.6) is 11.5 Å². The van der Waals surface area contributed by atoms with Gasteiger partial charge >= 0.3 is 6.03 Å². The van der Waals surface area contributed by atoms with E-state index in [4.69, 9.17) is 4.74 Å². The molecule has 0 atom stereocenters. The number of nitrogens with zero attached hydrogens (tertiary/aromatic N) is 1. The molecule has 0 heterocycles. The first-order valence-corrected chi connectivity index (χ1v) is 7.43. The van der Waals surface area contributed by atoms with Crippen LogP contribution in [0.4, 0.5) is 4.79 Å². The molecular weight excluding hydrogens is 268 g/mol. The predicted molar refractivity (Wildman–Crippen MR) is 83.7 cm³/mol. The zero-order valence-corrected chi connectivity index (χ0v) is 13.2. The largest absolute Gasteiger partial charge is 0.504 e. The number of hydrogen-bond donors (Lipinski definition) is 2. The van der Waals surface area contributed by atoms with Gasteiger partial charge in [-0.05, 0) is 24.1 Å². The number of phenols is 1. The van der Waals surface area contributed by atoms with Crippen LogP contribution < -0.4 is 10.1 Å². The highest BCUT2D eigenvalue weighted by atomic mass is 16.5. The number of nitrogens with one attached hydrogen (secondary N) is 1. The summed E-state index contributed by atoms with van der Waals surface area (Å²) in [5.41, 5.74) is 0.858. The lowest BCUT2D eigenvalue weighted by Crippen LogP contribution is -2.37. The average molecular weight is 294 g/mol. The highest BCUT2D eigenvalue weighted by Gasteiger charge is 2.10. The van der Waals surface area contributed by atoms with Gasteiger partial charge in [0.1, 0.15) is 0 Å². The summed E-state index contributed by atoms with van der Waals surface area (Å²) in [6.07, 6.45) is 4.55. The van der Waals surface area contributed by atoms with Crippen molar-refractivity contribution in [1.29, 1.82) is 0 Å². The number of methoxy groups -OCH3 is 1. The Morgan fingerprint density at radius 2 is 2.10 bits per heavy atom. The van der Waals surface area contributed by atoms with E-state index >= 15 is 0 Å². The first-order chi connectivity index (χ1) is 10.1. The standard InChI is InChI=1S/C16H26N2O3/c1-4-5-6-7-10-17-16(20)18(2)12-13-8-9-15(21-3)14(19)11-13/h8-9,11,19H,4-7,10,12H2,1-3H3,(H,17,20). The highest BCUT2D eigenvalue weighted by Crippen LogP contribution is 2.26. The third-order valence-corrected chi connectivity index (χ3v) is 3.32. The number of aromatic hydroxyl groups is 1. The lowest BCUT2D eigenvalue weighted by atomic mass is 10.2. The van der Waals surface area contributed by atoms with E-state index in [1.165, 1.54) is 20.0 Å². The van der Waals surface area contributed by atoms with Crippen molar-refractivity contribution in [3.63, 3.8) is 0 Å². The monoisotopic (exact) mass is 294 g/mol. The van der Waals surface area contributed by atoms with E-state index < -0.39 is 0 Å². The molecule has 1 rings (SSSR count). The third-order valence-electron chi connectivity index (χ3n) is 3.32. The normalized spacial score (nSPS) is 10.2. The fraction of sp³-hybridized carbons (Fsp3) is 0.562. The van der Waals surface area contributed by atoms with Crippen molar-refractivity contribution in [1.82, 2.24) is 10.2 Å². The average Bonchev–Trinajstić information content (AvgIpc) is 2.47. The van der Waals surface area contributed by atoms with Crippen LogP contribution in [0.1, 0.15) is 38.2 Å². The third kappa shape index (κ3) is 5.94. The Bertz CT molecular complexity index is 449. The summed E-state index contributed by atoms with van der Waals surface area (Å²) in [6, 6.07) is 5.05. The lowest BCUT2D eigenvalue weighted by molar-refractivity contribution is 0.206. The van der Waals surface area contributed by atoms with E-state index in [1.807, 2.05) is 6.07 Å². The predicted octanol–water partition coefficient (Wildman–Crippen LogP) is 3.12. The van der Waals surface area contributed by atoms with E-state index in [0.29, 0.717) is 18.8 Å². The van der Waals surface area contributed by atoms with Crippen LogP contribution in [0.2, 0.25) is 0 Å². The quantitative estimate of drug-likeness (QED) is 0.724. The molecule has 5 heteroatoms. The van der Waals surface area contributed by atoms with Crippen LogP contribution in [-0.4, -0.2) is 36.7 Å². The molecule has 0 spiro atoms. The smallest absolute Gasteiger partial charge is 0.317 e. The summed E-state index contributed by atoms with van der Waals surface area (Å²) in [4.78, 5) is 13.5. The van der Waals surface area contributed by atoms with E-state index in [0.717, 1.165) is 18.4 Å². The Morgan fingerprint density at radius 3 is 2.71 bits per heavy atom.